The Hall–Kier alpha value is -1.87. The van der Waals surface area contributed by atoms with E-state index in [0.717, 1.165) is 22.4 Å². The molecule has 3 heteroatoms. The molecule has 0 radical (unpaired) electrons. The molecule has 0 aliphatic carbocycles. The maximum atomic E-state index is 9.58. The lowest BCUT2D eigenvalue weighted by Crippen LogP contribution is -1.98. The molecule has 1 atom stereocenters. The Morgan fingerprint density at radius 3 is 2.28 bits per heavy atom. The SMILES string of the molecule is Cc1cc(O)cc(C)c1-c1cccc([C@H](C)O)n1. The van der Waals surface area contributed by atoms with Gasteiger partial charge < -0.3 is 10.2 Å². The first-order chi connectivity index (χ1) is 8.49. The van der Waals surface area contributed by atoms with E-state index >= 15 is 0 Å². The third-order valence-electron chi connectivity index (χ3n) is 2.97. The Morgan fingerprint density at radius 1 is 1.11 bits per heavy atom. The summed E-state index contributed by atoms with van der Waals surface area (Å²) < 4.78 is 0. The molecule has 18 heavy (non-hydrogen) atoms. The Bertz CT molecular complexity index is 553. The highest BCUT2D eigenvalue weighted by Crippen LogP contribution is 2.29. The first kappa shape index (κ1) is 12.6. The molecule has 0 bridgehead atoms. The first-order valence-electron chi connectivity index (χ1n) is 5.94. The fourth-order valence-electron chi connectivity index (χ4n) is 2.17. The van der Waals surface area contributed by atoms with Crippen LogP contribution in [0.25, 0.3) is 11.3 Å². The predicted molar refractivity (Wildman–Crippen MR) is 71.4 cm³/mol. The van der Waals surface area contributed by atoms with E-state index in [2.05, 4.69) is 4.98 Å². The molecule has 0 aliphatic heterocycles. The lowest BCUT2D eigenvalue weighted by atomic mass is 9.98. The molecular weight excluding hydrogens is 226 g/mol. The van der Waals surface area contributed by atoms with E-state index in [9.17, 15) is 10.2 Å². The summed E-state index contributed by atoms with van der Waals surface area (Å²) in [6, 6.07) is 9.05. The zero-order chi connectivity index (χ0) is 13.3. The van der Waals surface area contributed by atoms with Gasteiger partial charge in [0.15, 0.2) is 0 Å². The van der Waals surface area contributed by atoms with Gasteiger partial charge in [0.1, 0.15) is 5.75 Å². The van der Waals surface area contributed by atoms with Gasteiger partial charge in [-0.3, -0.25) is 4.98 Å². The van der Waals surface area contributed by atoms with Crippen molar-refractivity contribution in [3.63, 3.8) is 0 Å². The molecule has 0 spiro atoms. The maximum Gasteiger partial charge on any atom is 0.116 e. The average molecular weight is 243 g/mol. The van der Waals surface area contributed by atoms with Crippen molar-refractivity contribution < 1.29 is 10.2 Å². The number of hydrogen-bond donors (Lipinski definition) is 2. The predicted octanol–water partition coefficient (Wildman–Crippen LogP) is 3.12. The monoisotopic (exact) mass is 243 g/mol. The molecule has 3 nitrogen and oxygen atoms in total. The first-order valence-corrected chi connectivity index (χ1v) is 5.94. The summed E-state index contributed by atoms with van der Waals surface area (Å²) in [7, 11) is 0. The average Bonchev–Trinajstić information content (AvgIpc) is 2.28. The molecule has 2 N–H and O–H groups in total. The van der Waals surface area contributed by atoms with Gasteiger partial charge in [0.05, 0.1) is 17.5 Å². The highest BCUT2D eigenvalue weighted by molar-refractivity contribution is 5.68. The van der Waals surface area contributed by atoms with E-state index in [-0.39, 0.29) is 5.75 Å². The van der Waals surface area contributed by atoms with Crippen LogP contribution in [0.2, 0.25) is 0 Å². The summed E-state index contributed by atoms with van der Waals surface area (Å²) in [5, 5.41) is 19.1. The number of aliphatic hydroxyl groups is 1. The Balaban J connectivity index is 2.59. The molecule has 0 saturated carbocycles. The van der Waals surface area contributed by atoms with Crippen LogP contribution in [0.3, 0.4) is 0 Å². The molecule has 0 amide bonds. The van der Waals surface area contributed by atoms with Crippen molar-refractivity contribution in [3.8, 4) is 17.0 Å². The van der Waals surface area contributed by atoms with Gasteiger partial charge in [0.2, 0.25) is 0 Å². The van der Waals surface area contributed by atoms with Crippen LogP contribution in [-0.4, -0.2) is 15.2 Å². The van der Waals surface area contributed by atoms with Crippen LogP contribution in [0.15, 0.2) is 30.3 Å². The van der Waals surface area contributed by atoms with Crippen molar-refractivity contribution >= 4 is 0 Å². The third kappa shape index (κ3) is 2.36. The van der Waals surface area contributed by atoms with Gasteiger partial charge in [-0.05, 0) is 56.2 Å². The molecule has 1 aromatic heterocycles. The summed E-state index contributed by atoms with van der Waals surface area (Å²) in [4.78, 5) is 4.46. The van der Waals surface area contributed by atoms with Crippen LogP contribution in [0.4, 0.5) is 0 Å². The number of phenolic OH excluding ortho intramolecular Hbond substituents is 1. The van der Waals surface area contributed by atoms with Gasteiger partial charge in [0, 0.05) is 5.56 Å². The van der Waals surface area contributed by atoms with Crippen LogP contribution < -0.4 is 0 Å². The fraction of sp³-hybridized carbons (Fsp3) is 0.267. The van der Waals surface area contributed by atoms with Crippen molar-refractivity contribution in [2.45, 2.75) is 26.9 Å². The Kier molecular flexibility index (Phi) is 3.34. The van der Waals surface area contributed by atoms with Gasteiger partial charge in [-0.1, -0.05) is 6.07 Å². The van der Waals surface area contributed by atoms with E-state index in [1.54, 1.807) is 25.1 Å². The van der Waals surface area contributed by atoms with Gasteiger partial charge in [-0.15, -0.1) is 0 Å². The fourth-order valence-corrected chi connectivity index (χ4v) is 2.17. The normalized spacial score (nSPS) is 12.4. The second-order valence-corrected chi connectivity index (χ2v) is 4.58. The van der Waals surface area contributed by atoms with Crippen molar-refractivity contribution in [2.75, 3.05) is 0 Å². The van der Waals surface area contributed by atoms with E-state index in [1.165, 1.54) is 0 Å². The number of rotatable bonds is 2. The smallest absolute Gasteiger partial charge is 0.116 e. The number of hydrogen-bond acceptors (Lipinski definition) is 3. The Labute approximate surface area is 107 Å². The zero-order valence-corrected chi connectivity index (χ0v) is 10.8. The number of nitrogens with zero attached hydrogens (tertiary/aromatic N) is 1. The molecule has 94 valence electrons. The summed E-state index contributed by atoms with van der Waals surface area (Å²) in [6.07, 6.45) is -0.581. The number of benzene rings is 1. The molecule has 0 fully saturated rings. The van der Waals surface area contributed by atoms with Crippen LogP contribution in [0.5, 0.6) is 5.75 Å². The summed E-state index contributed by atoms with van der Waals surface area (Å²) in [6.45, 7) is 5.58. The second kappa shape index (κ2) is 4.78. The standard InChI is InChI=1S/C15H17NO2/c1-9-7-12(18)8-10(2)15(9)14-6-4-5-13(16-14)11(3)17/h4-8,11,17-18H,1-3H3/t11-/m0/s1. The van der Waals surface area contributed by atoms with Gasteiger partial charge in [-0.2, -0.15) is 0 Å². The van der Waals surface area contributed by atoms with Gasteiger partial charge in [-0.25, -0.2) is 0 Å². The lowest BCUT2D eigenvalue weighted by molar-refractivity contribution is 0.194. The molecule has 2 aromatic rings. The molecular formula is C15H17NO2. The molecule has 0 saturated heterocycles. The number of aryl methyl sites for hydroxylation is 2. The zero-order valence-electron chi connectivity index (χ0n) is 10.8. The van der Waals surface area contributed by atoms with Crippen LogP contribution >= 0.6 is 0 Å². The summed E-state index contributed by atoms with van der Waals surface area (Å²) in [5.74, 6) is 0.264. The van der Waals surface area contributed by atoms with Crippen LogP contribution in [0.1, 0.15) is 29.8 Å². The number of aromatic nitrogens is 1. The van der Waals surface area contributed by atoms with E-state index < -0.39 is 6.10 Å². The molecule has 0 aliphatic rings. The minimum Gasteiger partial charge on any atom is -0.508 e. The number of aliphatic hydroxyl groups excluding tert-OH is 1. The van der Waals surface area contributed by atoms with E-state index in [0.29, 0.717) is 5.69 Å². The van der Waals surface area contributed by atoms with Crippen molar-refractivity contribution in [1.82, 2.24) is 4.98 Å². The molecule has 1 aromatic carbocycles. The number of aromatic hydroxyl groups is 1. The van der Waals surface area contributed by atoms with Gasteiger partial charge in [0.25, 0.3) is 0 Å². The van der Waals surface area contributed by atoms with E-state index in [4.69, 9.17) is 0 Å². The highest BCUT2D eigenvalue weighted by Gasteiger charge is 2.10. The van der Waals surface area contributed by atoms with Gasteiger partial charge >= 0.3 is 0 Å². The highest BCUT2D eigenvalue weighted by atomic mass is 16.3. The minimum absolute atomic E-state index is 0.264. The quantitative estimate of drug-likeness (QED) is 0.852. The maximum absolute atomic E-state index is 9.58. The number of phenols is 1. The molecule has 1 heterocycles. The molecule has 2 rings (SSSR count). The number of pyridine rings is 1. The third-order valence-corrected chi connectivity index (χ3v) is 2.97. The molecule has 0 unspecified atom stereocenters. The topological polar surface area (TPSA) is 53.4 Å². The van der Waals surface area contributed by atoms with E-state index in [1.807, 2.05) is 26.0 Å². The Morgan fingerprint density at radius 2 is 1.72 bits per heavy atom. The largest absolute Gasteiger partial charge is 0.508 e. The van der Waals surface area contributed by atoms with Crippen molar-refractivity contribution in [2.24, 2.45) is 0 Å². The van der Waals surface area contributed by atoms with Crippen molar-refractivity contribution in [1.29, 1.82) is 0 Å². The summed E-state index contributed by atoms with van der Waals surface area (Å²) in [5.41, 5.74) is 4.43. The second-order valence-electron chi connectivity index (χ2n) is 4.58. The van der Waals surface area contributed by atoms with Crippen LogP contribution in [-0.2, 0) is 0 Å². The van der Waals surface area contributed by atoms with Crippen LogP contribution in [0, 0.1) is 13.8 Å². The lowest BCUT2D eigenvalue weighted by Gasteiger charge is -2.12. The summed E-state index contributed by atoms with van der Waals surface area (Å²) >= 11 is 0. The van der Waals surface area contributed by atoms with Crippen molar-refractivity contribution in [3.05, 3.63) is 47.2 Å². The minimum atomic E-state index is -0.581.